The Balaban J connectivity index is 1.90. The highest BCUT2D eigenvalue weighted by atomic mass is 35.5. The maximum Gasteiger partial charge on any atom is 0.338 e. The Labute approximate surface area is 213 Å². The molecule has 0 spiro atoms. The maximum absolute atomic E-state index is 13.0. The van der Waals surface area contributed by atoms with Gasteiger partial charge in [0.1, 0.15) is 5.02 Å². The summed E-state index contributed by atoms with van der Waals surface area (Å²) in [6, 6.07) is 10.1. The van der Waals surface area contributed by atoms with Gasteiger partial charge in [-0.1, -0.05) is 37.6 Å². The molecule has 9 nitrogen and oxygen atoms in total. The van der Waals surface area contributed by atoms with Gasteiger partial charge in [0.15, 0.2) is 5.11 Å². The molecule has 1 atom stereocenters. The minimum atomic E-state index is -0.650. The van der Waals surface area contributed by atoms with Crippen molar-refractivity contribution in [3.8, 4) is 0 Å². The van der Waals surface area contributed by atoms with E-state index in [1.165, 1.54) is 12.1 Å². The van der Waals surface area contributed by atoms with Gasteiger partial charge in [-0.2, -0.15) is 0 Å². The molecular weight excluding hydrogens is 492 g/mol. The van der Waals surface area contributed by atoms with Crippen LogP contribution in [0.25, 0.3) is 0 Å². The molecular formula is C24H25ClN4O5S. The van der Waals surface area contributed by atoms with E-state index in [1.54, 1.807) is 43.1 Å². The minimum Gasteiger partial charge on any atom is -0.462 e. The Hall–Kier alpha value is -3.50. The number of ether oxygens (including phenoxy) is 1. The van der Waals surface area contributed by atoms with Crippen LogP contribution in [-0.2, 0) is 9.53 Å². The van der Waals surface area contributed by atoms with E-state index in [4.69, 9.17) is 28.6 Å². The Morgan fingerprint density at radius 3 is 2.66 bits per heavy atom. The third kappa shape index (κ3) is 5.95. The van der Waals surface area contributed by atoms with Crippen molar-refractivity contribution in [2.75, 3.05) is 19.0 Å². The van der Waals surface area contributed by atoms with Gasteiger partial charge in [-0.05, 0) is 54.9 Å². The number of nitro groups is 1. The molecule has 2 N–H and O–H groups in total. The van der Waals surface area contributed by atoms with Gasteiger partial charge in [-0.25, -0.2) is 4.79 Å². The zero-order valence-corrected chi connectivity index (χ0v) is 21.2. The number of allylic oxidation sites excluding steroid dienone is 1. The molecule has 3 rings (SSSR count). The van der Waals surface area contributed by atoms with Crippen molar-refractivity contribution in [2.24, 2.45) is 5.92 Å². The van der Waals surface area contributed by atoms with Gasteiger partial charge in [0.05, 0.1) is 23.1 Å². The lowest BCUT2D eigenvalue weighted by molar-refractivity contribution is -0.384. The first-order valence-corrected chi connectivity index (χ1v) is 11.6. The quantitative estimate of drug-likeness (QED) is 0.233. The van der Waals surface area contributed by atoms with E-state index in [0.717, 1.165) is 6.07 Å². The molecule has 1 unspecified atom stereocenters. The summed E-state index contributed by atoms with van der Waals surface area (Å²) in [4.78, 5) is 37.9. The number of benzene rings is 2. The van der Waals surface area contributed by atoms with E-state index < -0.39 is 22.8 Å². The zero-order chi connectivity index (χ0) is 25.9. The molecule has 1 aliphatic rings. The average molecular weight is 517 g/mol. The third-order valence-corrected chi connectivity index (χ3v) is 6.12. The first-order chi connectivity index (χ1) is 16.5. The monoisotopic (exact) mass is 516 g/mol. The molecule has 1 heterocycles. The van der Waals surface area contributed by atoms with E-state index in [-0.39, 0.29) is 28.8 Å². The number of amides is 1. The van der Waals surface area contributed by atoms with Crippen LogP contribution in [0.1, 0.15) is 42.7 Å². The number of esters is 1. The largest absolute Gasteiger partial charge is 0.462 e. The topological polar surface area (TPSA) is 114 Å². The predicted molar refractivity (Wildman–Crippen MR) is 137 cm³/mol. The molecule has 1 aliphatic heterocycles. The molecule has 0 radical (unpaired) electrons. The van der Waals surface area contributed by atoms with Crippen LogP contribution in [0.4, 0.5) is 11.4 Å². The molecule has 0 fully saturated rings. The first kappa shape index (κ1) is 26.1. The van der Waals surface area contributed by atoms with Crippen LogP contribution in [0.3, 0.4) is 0 Å². The van der Waals surface area contributed by atoms with E-state index in [1.807, 2.05) is 13.8 Å². The van der Waals surface area contributed by atoms with Crippen molar-refractivity contribution >= 4 is 52.2 Å². The summed E-state index contributed by atoms with van der Waals surface area (Å²) in [6.45, 7) is 5.98. The Morgan fingerprint density at radius 1 is 1.29 bits per heavy atom. The van der Waals surface area contributed by atoms with Gasteiger partial charge >= 0.3 is 5.97 Å². The van der Waals surface area contributed by atoms with E-state index in [2.05, 4.69) is 10.6 Å². The molecule has 0 saturated carbocycles. The second-order valence-electron chi connectivity index (χ2n) is 8.44. The number of halogens is 1. The summed E-state index contributed by atoms with van der Waals surface area (Å²) in [6.07, 6.45) is 0. The summed E-state index contributed by atoms with van der Waals surface area (Å²) in [5, 5.41) is 17.4. The Bertz CT molecular complexity index is 1230. The van der Waals surface area contributed by atoms with Crippen molar-refractivity contribution in [1.82, 2.24) is 10.2 Å². The van der Waals surface area contributed by atoms with Crippen molar-refractivity contribution in [2.45, 2.75) is 26.8 Å². The van der Waals surface area contributed by atoms with Crippen LogP contribution in [0.2, 0.25) is 5.02 Å². The standard InChI is InChI=1S/C24H25ClN4O5S/c1-13(2)12-34-23(31)20-14(3)28(4)24(35)27-21(20)15-6-5-7-17(10-15)26-22(30)16-8-9-18(25)19(11-16)29(32)33/h5-11,13,21H,12H2,1-4H3,(H,26,30)(H,27,35). The second kappa shape index (κ2) is 10.8. The molecule has 2 aromatic carbocycles. The summed E-state index contributed by atoms with van der Waals surface area (Å²) in [5.74, 6) is -0.820. The van der Waals surface area contributed by atoms with Crippen LogP contribution >= 0.6 is 23.8 Å². The zero-order valence-electron chi connectivity index (χ0n) is 19.6. The van der Waals surface area contributed by atoms with E-state index in [9.17, 15) is 19.7 Å². The summed E-state index contributed by atoms with van der Waals surface area (Å²) in [7, 11) is 1.76. The molecule has 0 bridgehead atoms. The van der Waals surface area contributed by atoms with Crippen molar-refractivity contribution in [3.05, 3.63) is 80.0 Å². The number of nitrogens with one attached hydrogen (secondary N) is 2. The highest BCUT2D eigenvalue weighted by Gasteiger charge is 2.33. The number of nitro benzene ring substituents is 1. The number of hydrogen-bond acceptors (Lipinski definition) is 6. The van der Waals surface area contributed by atoms with Crippen molar-refractivity contribution in [1.29, 1.82) is 0 Å². The third-order valence-electron chi connectivity index (χ3n) is 5.40. The molecule has 35 heavy (non-hydrogen) atoms. The van der Waals surface area contributed by atoms with Crippen LogP contribution in [0.15, 0.2) is 53.7 Å². The SMILES string of the molecule is CC1=C(C(=O)OCC(C)C)C(c2cccc(NC(=O)c3ccc(Cl)c([N+](=O)[O-])c3)c2)NC(=S)N1C. The number of hydrogen-bond donors (Lipinski definition) is 2. The summed E-state index contributed by atoms with van der Waals surface area (Å²) in [5.41, 5.74) is 1.91. The molecule has 0 saturated heterocycles. The Kier molecular flexibility index (Phi) is 8.08. The molecule has 0 aromatic heterocycles. The van der Waals surface area contributed by atoms with Gasteiger partial charge in [-0.15, -0.1) is 0 Å². The number of anilines is 1. The normalized spacial score (nSPS) is 15.7. The van der Waals surface area contributed by atoms with Crippen LogP contribution < -0.4 is 10.6 Å². The summed E-state index contributed by atoms with van der Waals surface area (Å²) < 4.78 is 5.50. The number of nitrogens with zero attached hydrogens (tertiary/aromatic N) is 2. The first-order valence-electron chi connectivity index (χ1n) is 10.8. The van der Waals surface area contributed by atoms with Gasteiger partial charge in [0, 0.05) is 30.1 Å². The molecule has 184 valence electrons. The molecule has 11 heteroatoms. The fourth-order valence-electron chi connectivity index (χ4n) is 3.46. The van der Waals surface area contributed by atoms with Crippen LogP contribution in [-0.4, -0.2) is 40.5 Å². The molecule has 2 aromatic rings. The lowest BCUT2D eigenvalue weighted by atomic mass is 9.94. The molecule has 1 amide bonds. The molecule has 0 aliphatic carbocycles. The van der Waals surface area contributed by atoms with Gasteiger partial charge in [0.25, 0.3) is 11.6 Å². The smallest absolute Gasteiger partial charge is 0.338 e. The van der Waals surface area contributed by atoms with E-state index in [0.29, 0.717) is 27.6 Å². The lowest BCUT2D eigenvalue weighted by Gasteiger charge is -2.35. The highest BCUT2D eigenvalue weighted by molar-refractivity contribution is 7.80. The fourth-order valence-corrected chi connectivity index (χ4v) is 3.90. The Morgan fingerprint density at radius 2 is 2.00 bits per heavy atom. The van der Waals surface area contributed by atoms with Crippen molar-refractivity contribution < 1.29 is 19.2 Å². The maximum atomic E-state index is 13.0. The predicted octanol–water partition coefficient (Wildman–Crippen LogP) is 4.83. The van der Waals surface area contributed by atoms with Gasteiger partial charge < -0.3 is 20.3 Å². The number of carbonyl (C=O) groups is 2. The second-order valence-corrected chi connectivity index (χ2v) is 9.23. The highest BCUT2D eigenvalue weighted by Crippen LogP contribution is 2.32. The van der Waals surface area contributed by atoms with Gasteiger partial charge in [-0.3, -0.25) is 14.9 Å². The average Bonchev–Trinajstić information content (AvgIpc) is 2.81. The van der Waals surface area contributed by atoms with Crippen LogP contribution in [0, 0.1) is 16.0 Å². The van der Waals surface area contributed by atoms with Crippen LogP contribution in [0.5, 0.6) is 0 Å². The number of carbonyl (C=O) groups excluding carboxylic acids is 2. The summed E-state index contributed by atoms with van der Waals surface area (Å²) >= 11 is 11.3. The fraction of sp³-hybridized carbons (Fsp3) is 0.292. The number of thiocarbonyl (C=S) groups is 1. The minimum absolute atomic E-state index is 0.0584. The van der Waals surface area contributed by atoms with E-state index >= 15 is 0 Å². The van der Waals surface area contributed by atoms with Crippen molar-refractivity contribution in [3.63, 3.8) is 0 Å². The van der Waals surface area contributed by atoms with Gasteiger partial charge in [0.2, 0.25) is 0 Å². The lowest BCUT2D eigenvalue weighted by Crippen LogP contribution is -2.46. The number of rotatable bonds is 7.